The summed E-state index contributed by atoms with van der Waals surface area (Å²) in [6, 6.07) is 5.42. The highest BCUT2D eigenvalue weighted by atomic mass is 19.1. The van der Waals surface area contributed by atoms with E-state index < -0.39 is 17.0 Å². The van der Waals surface area contributed by atoms with E-state index in [0.29, 0.717) is 44.8 Å². The number of rotatable bonds is 4. The lowest BCUT2D eigenvalue weighted by atomic mass is 9.77. The quantitative estimate of drug-likeness (QED) is 0.892. The SMILES string of the molecule is O=C(N1CC[C@]2(C1)C(=O)NC[C@@H]2COc1ccccn1)C1(F)CCC1. The van der Waals surface area contributed by atoms with E-state index >= 15 is 0 Å². The minimum atomic E-state index is -1.71. The Morgan fingerprint density at radius 1 is 1.40 bits per heavy atom. The largest absolute Gasteiger partial charge is 0.477 e. The van der Waals surface area contributed by atoms with Gasteiger partial charge in [0.2, 0.25) is 11.8 Å². The van der Waals surface area contributed by atoms with Crippen LogP contribution in [0.5, 0.6) is 5.88 Å². The molecule has 7 heteroatoms. The number of aromatic nitrogens is 1. The van der Waals surface area contributed by atoms with Crippen molar-refractivity contribution in [3.05, 3.63) is 24.4 Å². The van der Waals surface area contributed by atoms with Crippen molar-refractivity contribution in [2.24, 2.45) is 11.3 Å². The Morgan fingerprint density at radius 3 is 2.92 bits per heavy atom. The van der Waals surface area contributed by atoms with Crippen LogP contribution in [0.15, 0.2) is 24.4 Å². The van der Waals surface area contributed by atoms with Crippen LogP contribution in [0.4, 0.5) is 4.39 Å². The summed E-state index contributed by atoms with van der Waals surface area (Å²) in [7, 11) is 0. The normalized spacial score (nSPS) is 30.2. The molecule has 134 valence electrons. The minimum Gasteiger partial charge on any atom is -0.477 e. The van der Waals surface area contributed by atoms with Gasteiger partial charge >= 0.3 is 0 Å². The molecule has 0 unspecified atom stereocenters. The van der Waals surface area contributed by atoms with Gasteiger partial charge in [-0.05, 0) is 31.7 Å². The van der Waals surface area contributed by atoms with Crippen LogP contribution in [0.3, 0.4) is 0 Å². The summed E-state index contributed by atoms with van der Waals surface area (Å²) in [6.07, 6.45) is 3.55. The van der Waals surface area contributed by atoms with E-state index in [2.05, 4.69) is 10.3 Å². The number of halogens is 1. The van der Waals surface area contributed by atoms with Gasteiger partial charge in [0.15, 0.2) is 5.67 Å². The summed E-state index contributed by atoms with van der Waals surface area (Å²) in [4.78, 5) is 30.6. The molecule has 2 amide bonds. The van der Waals surface area contributed by atoms with Gasteiger partial charge in [0.25, 0.3) is 5.91 Å². The second kappa shape index (κ2) is 5.97. The van der Waals surface area contributed by atoms with Crippen molar-refractivity contribution >= 4 is 11.8 Å². The van der Waals surface area contributed by atoms with Gasteiger partial charge in [-0.15, -0.1) is 0 Å². The zero-order valence-corrected chi connectivity index (χ0v) is 14.0. The molecule has 1 aromatic rings. The van der Waals surface area contributed by atoms with Crippen molar-refractivity contribution in [3.8, 4) is 5.88 Å². The van der Waals surface area contributed by atoms with Crippen LogP contribution in [0.1, 0.15) is 25.7 Å². The van der Waals surface area contributed by atoms with Crippen LogP contribution in [0, 0.1) is 11.3 Å². The van der Waals surface area contributed by atoms with Crippen LogP contribution < -0.4 is 10.1 Å². The molecule has 25 heavy (non-hydrogen) atoms. The van der Waals surface area contributed by atoms with E-state index in [9.17, 15) is 14.0 Å². The summed E-state index contributed by atoms with van der Waals surface area (Å²) in [5, 5.41) is 2.89. The highest BCUT2D eigenvalue weighted by Gasteiger charge is 2.57. The number of hydrogen-bond donors (Lipinski definition) is 1. The lowest BCUT2D eigenvalue weighted by molar-refractivity contribution is -0.149. The van der Waals surface area contributed by atoms with Gasteiger partial charge in [0.05, 0.1) is 12.0 Å². The Bertz CT molecular complexity index is 679. The molecule has 1 N–H and O–H groups in total. The molecular weight excluding hydrogens is 325 g/mol. The third-order valence-electron chi connectivity index (χ3n) is 5.93. The highest BCUT2D eigenvalue weighted by Crippen LogP contribution is 2.45. The Balaban J connectivity index is 1.45. The van der Waals surface area contributed by atoms with Crippen LogP contribution >= 0.6 is 0 Å². The maximum Gasteiger partial charge on any atom is 0.260 e. The molecule has 2 aliphatic heterocycles. The number of nitrogens with one attached hydrogen (secondary N) is 1. The molecule has 2 saturated heterocycles. The number of alkyl halides is 1. The third-order valence-corrected chi connectivity index (χ3v) is 5.93. The summed E-state index contributed by atoms with van der Waals surface area (Å²) < 4.78 is 20.2. The van der Waals surface area contributed by atoms with E-state index in [0.717, 1.165) is 6.42 Å². The molecule has 0 aromatic carbocycles. The molecule has 6 nitrogen and oxygen atoms in total. The van der Waals surface area contributed by atoms with E-state index in [1.807, 2.05) is 12.1 Å². The van der Waals surface area contributed by atoms with Crippen molar-refractivity contribution < 1.29 is 18.7 Å². The zero-order valence-electron chi connectivity index (χ0n) is 14.0. The first kappa shape index (κ1) is 16.3. The highest BCUT2D eigenvalue weighted by molar-refractivity contribution is 5.90. The first-order valence-corrected chi connectivity index (χ1v) is 8.84. The van der Waals surface area contributed by atoms with Crippen molar-refractivity contribution in [1.29, 1.82) is 0 Å². The number of likely N-dealkylation sites (tertiary alicyclic amines) is 1. The van der Waals surface area contributed by atoms with E-state index in [1.54, 1.807) is 12.3 Å². The Morgan fingerprint density at radius 2 is 2.24 bits per heavy atom. The molecule has 4 rings (SSSR count). The molecule has 1 aromatic heterocycles. The lowest BCUT2D eigenvalue weighted by Crippen LogP contribution is -2.51. The number of pyridine rings is 1. The summed E-state index contributed by atoms with van der Waals surface area (Å²) in [5.74, 6) is -0.0458. The molecule has 3 aliphatic rings. The van der Waals surface area contributed by atoms with Gasteiger partial charge in [-0.3, -0.25) is 9.59 Å². The number of nitrogens with zero attached hydrogens (tertiary/aromatic N) is 2. The molecule has 1 aliphatic carbocycles. The smallest absolute Gasteiger partial charge is 0.260 e. The molecule has 0 bridgehead atoms. The summed E-state index contributed by atoms with van der Waals surface area (Å²) in [6.45, 7) is 1.56. The second-order valence-corrected chi connectivity index (χ2v) is 7.34. The Kier molecular flexibility index (Phi) is 3.89. The number of amides is 2. The molecule has 1 spiro atoms. The maximum absolute atomic E-state index is 14.5. The van der Waals surface area contributed by atoms with Crippen molar-refractivity contribution in [2.75, 3.05) is 26.2 Å². The topological polar surface area (TPSA) is 71.5 Å². The van der Waals surface area contributed by atoms with Gasteiger partial charge < -0.3 is 15.0 Å². The fraction of sp³-hybridized carbons (Fsp3) is 0.611. The van der Waals surface area contributed by atoms with Crippen molar-refractivity contribution in [2.45, 2.75) is 31.4 Å². The van der Waals surface area contributed by atoms with Crippen LogP contribution in [-0.2, 0) is 9.59 Å². The van der Waals surface area contributed by atoms with Gasteiger partial charge in [0.1, 0.15) is 0 Å². The first-order chi connectivity index (χ1) is 12.0. The molecule has 3 heterocycles. The van der Waals surface area contributed by atoms with Crippen molar-refractivity contribution in [3.63, 3.8) is 0 Å². The monoisotopic (exact) mass is 347 g/mol. The van der Waals surface area contributed by atoms with Crippen LogP contribution in [0.2, 0.25) is 0 Å². The fourth-order valence-electron chi connectivity index (χ4n) is 4.12. The van der Waals surface area contributed by atoms with Gasteiger partial charge in [0, 0.05) is 37.8 Å². The summed E-state index contributed by atoms with van der Waals surface area (Å²) >= 11 is 0. The lowest BCUT2D eigenvalue weighted by Gasteiger charge is -2.36. The number of carbonyl (C=O) groups excluding carboxylic acids is 2. The van der Waals surface area contributed by atoms with Gasteiger partial charge in [-0.25, -0.2) is 9.37 Å². The predicted octanol–water partition coefficient (Wildman–Crippen LogP) is 1.32. The fourth-order valence-corrected chi connectivity index (χ4v) is 4.12. The Labute approximate surface area is 145 Å². The predicted molar refractivity (Wildman–Crippen MR) is 87.6 cm³/mol. The van der Waals surface area contributed by atoms with E-state index in [-0.39, 0.29) is 18.4 Å². The number of ether oxygens (including phenoxy) is 1. The first-order valence-electron chi connectivity index (χ1n) is 8.84. The number of carbonyl (C=O) groups is 2. The summed E-state index contributed by atoms with van der Waals surface area (Å²) in [5.41, 5.74) is -2.38. The van der Waals surface area contributed by atoms with Crippen LogP contribution in [-0.4, -0.2) is 53.6 Å². The molecule has 1 saturated carbocycles. The number of hydrogen-bond acceptors (Lipinski definition) is 4. The average molecular weight is 347 g/mol. The maximum atomic E-state index is 14.5. The Hall–Kier alpha value is -2.18. The second-order valence-electron chi connectivity index (χ2n) is 7.34. The molecule has 0 radical (unpaired) electrons. The van der Waals surface area contributed by atoms with E-state index in [4.69, 9.17) is 4.74 Å². The zero-order chi connectivity index (χ0) is 17.5. The molecule has 2 atom stereocenters. The average Bonchev–Trinajstić information content (AvgIpc) is 3.18. The van der Waals surface area contributed by atoms with Gasteiger partial charge in [-0.2, -0.15) is 0 Å². The molecule has 3 fully saturated rings. The minimum absolute atomic E-state index is 0.0565. The third kappa shape index (κ3) is 2.65. The molecular formula is C18H22FN3O3. The van der Waals surface area contributed by atoms with Crippen molar-refractivity contribution in [1.82, 2.24) is 15.2 Å². The van der Waals surface area contributed by atoms with E-state index in [1.165, 1.54) is 4.90 Å². The standard InChI is InChI=1S/C18H22FN3O3/c19-18(5-3-6-18)16(24)22-9-7-17(12-22)13(10-21-15(17)23)11-25-14-4-1-2-8-20-14/h1-2,4,8,13H,3,5-7,9-12H2,(H,21,23)/t13-,17-/m1/s1. The van der Waals surface area contributed by atoms with Gasteiger partial charge in [-0.1, -0.05) is 6.07 Å². The van der Waals surface area contributed by atoms with Crippen LogP contribution in [0.25, 0.3) is 0 Å².